The first-order valence-corrected chi connectivity index (χ1v) is 11.0. The van der Waals surface area contributed by atoms with Crippen molar-refractivity contribution in [3.8, 4) is 16.9 Å². The molecule has 0 radical (unpaired) electrons. The number of carbonyl (C=O) groups is 2. The number of amides is 2. The van der Waals surface area contributed by atoms with Crippen LogP contribution in [0.5, 0.6) is 0 Å². The Hall–Kier alpha value is -4.83. The Morgan fingerprint density at radius 3 is 2.56 bits per heavy atom. The highest BCUT2D eigenvalue weighted by atomic mass is 35.5. The number of anilines is 2. The predicted molar refractivity (Wildman–Crippen MR) is 133 cm³/mol. The van der Waals surface area contributed by atoms with Crippen molar-refractivity contribution in [2.75, 3.05) is 10.6 Å². The van der Waals surface area contributed by atoms with E-state index in [0.717, 1.165) is 0 Å². The normalized spacial score (nSPS) is 10.7. The lowest BCUT2D eigenvalue weighted by molar-refractivity contribution is 0.101. The third-order valence-electron chi connectivity index (χ3n) is 5.18. The first kappa shape index (κ1) is 22.9. The Morgan fingerprint density at radius 1 is 0.972 bits per heavy atom. The Morgan fingerprint density at radius 2 is 1.81 bits per heavy atom. The molecule has 0 aliphatic heterocycles. The molecule has 178 valence electrons. The molecule has 3 heterocycles. The van der Waals surface area contributed by atoms with Crippen LogP contribution in [0.15, 0.2) is 85.3 Å². The van der Waals surface area contributed by atoms with E-state index in [1.807, 2.05) is 6.07 Å². The van der Waals surface area contributed by atoms with Crippen LogP contribution in [-0.4, -0.2) is 36.8 Å². The lowest BCUT2D eigenvalue weighted by Gasteiger charge is -2.11. The molecule has 9 nitrogen and oxygen atoms in total. The molecule has 0 aliphatic carbocycles. The van der Waals surface area contributed by atoms with Crippen molar-refractivity contribution in [2.45, 2.75) is 0 Å². The third kappa shape index (κ3) is 4.70. The molecule has 2 aromatic carbocycles. The van der Waals surface area contributed by atoms with E-state index < -0.39 is 17.6 Å². The molecule has 36 heavy (non-hydrogen) atoms. The summed E-state index contributed by atoms with van der Waals surface area (Å²) in [7, 11) is 0. The lowest BCUT2D eigenvalue weighted by atomic mass is 10.1. The van der Waals surface area contributed by atoms with E-state index in [2.05, 4.69) is 30.9 Å². The molecule has 0 fully saturated rings. The Bertz CT molecular complexity index is 1550. The highest BCUT2D eigenvalue weighted by molar-refractivity contribution is 6.34. The van der Waals surface area contributed by atoms with Crippen molar-refractivity contribution < 1.29 is 14.0 Å². The van der Waals surface area contributed by atoms with Gasteiger partial charge in [-0.15, -0.1) is 0 Å². The fraction of sp³-hybridized carbons (Fsp3) is 0. The zero-order valence-corrected chi connectivity index (χ0v) is 19.2. The quantitative estimate of drug-likeness (QED) is 0.304. The maximum absolute atomic E-state index is 14.3. The number of hydrogen-bond donors (Lipinski definition) is 3. The summed E-state index contributed by atoms with van der Waals surface area (Å²) in [5.41, 5.74) is 1.72. The number of aromatic amines is 1. The second-order valence-electron chi connectivity index (χ2n) is 7.59. The van der Waals surface area contributed by atoms with Crippen LogP contribution in [0.2, 0.25) is 5.02 Å². The van der Waals surface area contributed by atoms with Crippen LogP contribution < -0.4 is 10.6 Å². The zero-order chi connectivity index (χ0) is 25.1. The highest BCUT2D eigenvalue weighted by Crippen LogP contribution is 2.27. The summed E-state index contributed by atoms with van der Waals surface area (Å²) in [6, 6.07) is 17.7. The number of hydrogen-bond acceptors (Lipinski definition) is 5. The van der Waals surface area contributed by atoms with Gasteiger partial charge in [0.15, 0.2) is 5.69 Å². The van der Waals surface area contributed by atoms with E-state index in [-0.39, 0.29) is 27.8 Å². The van der Waals surface area contributed by atoms with Gasteiger partial charge >= 0.3 is 0 Å². The van der Waals surface area contributed by atoms with Crippen molar-refractivity contribution in [1.29, 1.82) is 0 Å². The van der Waals surface area contributed by atoms with Gasteiger partial charge in [0.1, 0.15) is 17.3 Å². The summed E-state index contributed by atoms with van der Waals surface area (Å²) in [5.74, 6) is -1.36. The fourth-order valence-corrected chi connectivity index (χ4v) is 3.69. The van der Waals surface area contributed by atoms with Gasteiger partial charge in [0, 0.05) is 24.0 Å². The van der Waals surface area contributed by atoms with Crippen LogP contribution in [-0.2, 0) is 0 Å². The standard InChI is InChI=1S/C25H17ClFN7O2/c26-19-9-8-15(23-20(27)7-4-10-28-23)11-18(19)24(35)32-22-12-21(25(36)31-16-13-29-30-14-16)33-34(22)17-5-2-1-3-6-17/h1-14H,(H,29,30)(H,31,36)(H,32,35). The molecule has 0 aliphatic rings. The molecule has 0 saturated heterocycles. The van der Waals surface area contributed by atoms with Gasteiger partial charge in [-0.25, -0.2) is 9.07 Å². The molecule has 3 N–H and O–H groups in total. The number of nitrogens with one attached hydrogen (secondary N) is 3. The van der Waals surface area contributed by atoms with Gasteiger partial charge in [-0.1, -0.05) is 35.9 Å². The summed E-state index contributed by atoms with van der Waals surface area (Å²) < 4.78 is 15.7. The number of H-pyrrole nitrogens is 1. The molecule has 3 aromatic heterocycles. The summed E-state index contributed by atoms with van der Waals surface area (Å²) in [6.45, 7) is 0. The summed E-state index contributed by atoms with van der Waals surface area (Å²) in [5, 5.41) is 16.4. The zero-order valence-electron chi connectivity index (χ0n) is 18.4. The number of nitrogens with zero attached hydrogens (tertiary/aromatic N) is 4. The van der Waals surface area contributed by atoms with Gasteiger partial charge in [0.25, 0.3) is 11.8 Å². The average molecular weight is 502 g/mol. The minimum Gasteiger partial charge on any atom is -0.318 e. The molecule has 5 rings (SSSR count). The first-order chi connectivity index (χ1) is 17.5. The van der Waals surface area contributed by atoms with Gasteiger partial charge in [-0.3, -0.25) is 19.7 Å². The molecule has 5 aromatic rings. The van der Waals surface area contributed by atoms with Gasteiger partial charge in [-0.2, -0.15) is 10.2 Å². The largest absolute Gasteiger partial charge is 0.318 e. The third-order valence-corrected chi connectivity index (χ3v) is 5.51. The maximum atomic E-state index is 14.3. The van der Waals surface area contributed by atoms with Gasteiger partial charge < -0.3 is 10.6 Å². The molecule has 0 spiro atoms. The van der Waals surface area contributed by atoms with Crippen LogP contribution >= 0.6 is 11.6 Å². The number of para-hydroxylation sites is 1. The number of rotatable bonds is 6. The summed E-state index contributed by atoms with van der Waals surface area (Å²) in [6.07, 6.45) is 4.43. The molecule has 0 saturated carbocycles. The molecule has 2 amide bonds. The van der Waals surface area contributed by atoms with Gasteiger partial charge in [0.2, 0.25) is 0 Å². The smallest absolute Gasteiger partial charge is 0.276 e. The monoisotopic (exact) mass is 501 g/mol. The molecular formula is C25H17ClFN7O2. The van der Waals surface area contributed by atoms with Crippen LogP contribution in [0.4, 0.5) is 15.9 Å². The van der Waals surface area contributed by atoms with E-state index in [1.165, 1.54) is 53.6 Å². The fourth-order valence-electron chi connectivity index (χ4n) is 3.49. The number of carbonyl (C=O) groups excluding carboxylic acids is 2. The van der Waals surface area contributed by atoms with Crippen molar-refractivity contribution in [3.05, 3.63) is 107 Å². The molecule has 0 atom stereocenters. The van der Waals surface area contributed by atoms with Crippen molar-refractivity contribution in [2.24, 2.45) is 0 Å². The van der Waals surface area contributed by atoms with Crippen molar-refractivity contribution >= 4 is 34.9 Å². The summed E-state index contributed by atoms with van der Waals surface area (Å²) >= 11 is 6.31. The SMILES string of the molecule is O=C(Nc1cn[nH]c1)c1cc(NC(=O)c2cc(-c3ncccc3F)ccc2Cl)n(-c2ccccc2)n1. The number of aromatic nitrogens is 5. The minimum atomic E-state index is -0.572. The van der Waals surface area contributed by atoms with Crippen molar-refractivity contribution in [3.63, 3.8) is 0 Å². The van der Waals surface area contributed by atoms with E-state index in [1.54, 1.807) is 30.3 Å². The molecule has 11 heteroatoms. The van der Waals surface area contributed by atoms with Crippen LogP contribution in [0.1, 0.15) is 20.8 Å². The average Bonchev–Trinajstić information content (AvgIpc) is 3.55. The van der Waals surface area contributed by atoms with Gasteiger partial charge in [0.05, 0.1) is 28.2 Å². The van der Waals surface area contributed by atoms with Gasteiger partial charge in [-0.05, 0) is 36.4 Å². The van der Waals surface area contributed by atoms with Crippen LogP contribution in [0, 0.1) is 5.82 Å². The number of halogens is 2. The minimum absolute atomic E-state index is 0.0609. The molecule has 0 bridgehead atoms. The Kier molecular flexibility index (Phi) is 6.25. The van der Waals surface area contributed by atoms with Crippen LogP contribution in [0.25, 0.3) is 16.9 Å². The molecule has 0 unspecified atom stereocenters. The predicted octanol–water partition coefficient (Wildman–Crippen LogP) is 4.95. The number of pyridine rings is 1. The highest BCUT2D eigenvalue weighted by Gasteiger charge is 2.20. The van der Waals surface area contributed by atoms with E-state index in [4.69, 9.17) is 11.6 Å². The molecular weight excluding hydrogens is 485 g/mol. The van der Waals surface area contributed by atoms with E-state index in [0.29, 0.717) is 16.9 Å². The van der Waals surface area contributed by atoms with E-state index in [9.17, 15) is 14.0 Å². The van der Waals surface area contributed by atoms with E-state index >= 15 is 0 Å². The first-order valence-electron chi connectivity index (χ1n) is 10.7. The Balaban J connectivity index is 1.49. The second kappa shape index (κ2) is 9.80. The maximum Gasteiger partial charge on any atom is 0.276 e. The summed E-state index contributed by atoms with van der Waals surface area (Å²) in [4.78, 5) is 30.1. The van der Waals surface area contributed by atoms with Crippen molar-refractivity contribution in [1.82, 2.24) is 25.0 Å². The second-order valence-corrected chi connectivity index (χ2v) is 7.99. The topological polar surface area (TPSA) is 118 Å². The lowest BCUT2D eigenvalue weighted by Crippen LogP contribution is -2.16. The van der Waals surface area contributed by atoms with Crippen LogP contribution in [0.3, 0.4) is 0 Å². The Labute approximate surface area is 209 Å². The number of benzene rings is 2.